The maximum atomic E-state index is 12.3. The largest absolute Gasteiger partial charge is 0.481 e. The molecule has 0 aromatic heterocycles. The molecule has 0 aromatic carbocycles. The minimum absolute atomic E-state index is 0.0828. The highest BCUT2D eigenvalue weighted by Gasteiger charge is 2.40. The second-order valence-corrected chi connectivity index (χ2v) is 8.77. The van der Waals surface area contributed by atoms with Crippen molar-refractivity contribution in [2.24, 2.45) is 17.3 Å². The summed E-state index contributed by atoms with van der Waals surface area (Å²) in [5.41, 5.74) is -0.242. The van der Waals surface area contributed by atoms with Gasteiger partial charge in [0.05, 0.1) is 6.10 Å². The third kappa shape index (κ3) is 8.02. The highest BCUT2D eigenvalue weighted by Crippen LogP contribution is 2.36. The Morgan fingerprint density at radius 1 is 1.25 bits per heavy atom. The molecule has 1 rings (SSSR count). The second-order valence-electron chi connectivity index (χ2n) is 8.77. The number of rotatable bonds is 14. The van der Waals surface area contributed by atoms with E-state index in [0.717, 1.165) is 38.5 Å². The molecule has 1 fully saturated rings. The molecule has 1 aliphatic carbocycles. The van der Waals surface area contributed by atoms with Gasteiger partial charge < -0.3 is 10.2 Å². The van der Waals surface area contributed by atoms with E-state index in [1.54, 1.807) is 6.08 Å². The van der Waals surface area contributed by atoms with Crippen LogP contribution in [0, 0.1) is 17.3 Å². The SMILES string of the molecule is CCCCC(C)(C)C(C=C[C@H]1[C@H](O)CC(=O)[C@@H]1CCCCCCC(=O)O)OO. The third-order valence-electron chi connectivity index (χ3n) is 5.96. The standard InChI is InChI=1S/C22H38O6/c1-4-5-14-22(2,3)20(28-27)13-12-17-16(18(23)15-19(17)24)10-8-6-7-9-11-21(25)26/h12-13,16-17,19-20,24,27H,4-11,14-15H2,1-3H3,(H,25,26)/t16-,17-,19-,20?/m1/s1. The van der Waals surface area contributed by atoms with Gasteiger partial charge in [0.15, 0.2) is 0 Å². The molecule has 0 amide bonds. The molecule has 0 heterocycles. The van der Waals surface area contributed by atoms with Gasteiger partial charge in [-0.1, -0.05) is 65.0 Å². The van der Waals surface area contributed by atoms with E-state index >= 15 is 0 Å². The van der Waals surface area contributed by atoms with E-state index in [1.165, 1.54) is 0 Å². The van der Waals surface area contributed by atoms with Crippen LogP contribution in [0.4, 0.5) is 0 Å². The zero-order valence-corrected chi connectivity index (χ0v) is 17.6. The number of aliphatic hydroxyl groups is 1. The maximum absolute atomic E-state index is 12.3. The van der Waals surface area contributed by atoms with Gasteiger partial charge in [0.25, 0.3) is 0 Å². The number of ketones is 1. The minimum Gasteiger partial charge on any atom is -0.481 e. The fourth-order valence-corrected chi connectivity index (χ4v) is 4.03. The van der Waals surface area contributed by atoms with Gasteiger partial charge in [0.1, 0.15) is 11.9 Å². The predicted molar refractivity (Wildman–Crippen MR) is 108 cm³/mol. The number of Topliss-reactive ketones (excluding diaryl/α,β-unsaturated/α-hetero) is 1. The van der Waals surface area contributed by atoms with Gasteiger partial charge in [0, 0.05) is 24.7 Å². The number of hydrogen-bond donors (Lipinski definition) is 3. The fraction of sp³-hybridized carbons (Fsp3) is 0.818. The van der Waals surface area contributed by atoms with Crippen LogP contribution < -0.4 is 0 Å². The molecule has 1 aliphatic rings. The molecule has 0 aliphatic heterocycles. The average Bonchev–Trinajstić information content (AvgIpc) is 2.89. The van der Waals surface area contributed by atoms with Crippen LogP contribution in [-0.4, -0.2) is 39.4 Å². The van der Waals surface area contributed by atoms with Crippen molar-refractivity contribution in [3.8, 4) is 0 Å². The molecule has 0 radical (unpaired) electrons. The van der Waals surface area contributed by atoms with Gasteiger partial charge in [-0.15, -0.1) is 0 Å². The molecular formula is C22H38O6. The Hall–Kier alpha value is -1.24. The van der Waals surface area contributed by atoms with E-state index in [4.69, 9.17) is 9.99 Å². The van der Waals surface area contributed by atoms with E-state index in [9.17, 15) is 20.0 Å². The molecular weight excluding hydrogens is 360 g/mol. The molecule has 0 spiro atoms. The summed E-state index contributed by atoms with van der Waals surface area (Å²) in [6.07, 6.45) is 9.73. The van der Waals surface area contributed by atoms with Crippen molar-refractivity contribution in [3.63, 3.8) is 0 Å². The number of unbranched alkanes of at least 4 members (excludes halogenated alkanes) is 4. The van der Waals surface area contributed by atoms with Crippen molar-refractivity contribution in [2.75, 3.05) is 0 Å². The summed E-state index contributed by atoms with van der Waals surface area (Å²) in [5, 5.41) is 28.3. The highest BCUT2D eigenvalue weighted by molar-refractivity contribution is 5.84. The second kappa shape index (κ2) is 12.3. The van der Waals surface area contributed by atoms with Crippen molar-refractivity contribution >= 4 is 11.8 Å². The van der Waals surface area contributed by atoms with Crippen molar-refractivity contribution in [1.29, 1.82) is 0 Å². The molecule has 3 N–H and O–H groups in total. The lowest BCUT2D eigenvalue weighted by Crippen LogP contribution is -2.30. The molecule has 0 bridgehead atoms. The Labute approximate surface area is 168 Å². The molecule has 28 heavy (non-hydrogen) atoms. The molecule has 0 saturated heterocycles. The average molecular weight is 399 g/mol. The van der Waals surface area contributed by atoms with Crippen LogP contribution in [0.1, 0.15) is 85.0 Å². The molecule has 1 saturated carbocycles. The van der Waals surface area contributed by atoms with E-state index in [2.05, 4.69) is 6.92 Å². The van der Waals surface area contributed by atoms with E-state index < -0.39 is 18.2 Å². The van der Waals surface area contributed by atoms with Gasteiger partial charge in [0.2, 0.25) is 0 Å². The van der Waals surface area contributed by atoms with E-state index in [0.29, 0.717) is 12.8 Å². The van der Waals surface area contributed by atoms with Gasteiger partial charge in [-0.05, 0) is 24.7 Å². The summed E-state index contributed by atoms with van der Waals surface area (Å²) in [4.78, 5) is 27.6. The van der Waals surface area contributed by atoms with E-state index in [1.807, 2.05) is 19.9 Å². The van der Waals surface area contributed by atoms with Crippen molar-refractivity contribution in [1.82, 2.24) is 0 Å². The summed E-state index contributed by atoms with van der Waals surface area (Å²) in [6, 6.07) is 0. The molecule has 1 unspecified atom stereocenters. The van der Waals surface area contributed by atoms with Gasteiger partial charge in [-0.2, -0.15) is 0 Å². The van der Waals surface area contributed by atoms with Crippen molar-refractivity contribution in [3.05, 3.63) is 12.2 Å². The summed E-state index contributed by atoms with van der Waals surface area (Å²) in [7, 11) is 0. The van der Waals surface area contributed by atoms with Crippen LogP contribution in [0.25, 0.3) is 0 Å². The zero-order valence-electron chi connectivity index (χ0n) is 17.6. The van der Waals surface area contributed by atoms with Gasteiger partial charge in [-0.3, -0.25) is 14.8 Å². The van der Waals surface area contributed by atoms with Crippen LogP contribution in [-0.2, 0) is 14.5 Å². The summed E-state index contributed by atoms with van der Waals surface area (Å²) in [5.74, 6) is -1.17. The lowest BCUT2D eigenvalue weighted by Gasteiger charge is -2.30. The minimum atomic E-state index is -0.776. The number of aliphatic hydroxyl groups excluding tert-OH is 1. The first-order valence-electron chi connectivity index (χ1n) is 10.6. The summed E-state index contributed by atoms with van der Waals surface area (Å²) >= 11 is 0. The van der Waals surface area contributed by atoms with Gasteiger partial charge in [-0.25, -0.2) is 4.89 Å². The molecule has 4 atom stereocenters. The van der Waals surface area contributed by atoms with Crippen LogP contribution >= 0.6 is 0 Å². The Kier molecular flexibility index (Phi) is 10.9. The zero-order chi connectivity index (χ0) is 21.2. The number of hydrogen-bond acceptors (Lipinski definition) is 5. The lowest BCUT2D eigenvalue weighted by atomic mass is 9.80. The number of carboxylic acids is 1. The van der Waals surface area contributed by atoms with Crippen molar-refractivity contribution in [2.45, 2.75) is 97.2 Å². The number of carbonyl (C=O) groups excluding carboxylic acids is 1. The third-order valence-corrected chi connectivity index (χ3v) is 5.96. The number of carboxylic acid groups (broad SMARTS) is 1. The first-order chi connectivity index (χ1) is 13.2. The maximum Gasteiger partial charge on any atom is 0.303 e. The van der Waals surface area contributed by atoms with Gasteiger partial charge >= 0.3 is 5.97 Å². The quantitative estimate of drug-likeness (QED) is 0.171. The Morgan fingerprint density at radius 2 is 1.93 bits per heavy atom. The van der Waals surface area contributed by atoms with Crippen LogP contribution in [0.2, 0.25) is 0 Å². The first-order valence-corrected chi connectivity index (χ1v) is 10.6. The molecule has 6 heteroatoms. The molecule has 6 nitrogen and oxygen atoms in total. The van der Waals surface area contributed by atoms with E-state index in [-0.39, 0.29) is 35.9 Å². The normalized spacial score (nSPS) is 24.2. The molecule has 0 aromatic rings. The number of carbonyl (C=O) groups is 2. The summed E-state index contributed by atoms with van der Waals surface area (Å²) in [6.45, 7) is 6.20. The smallest absolute Gasteiger partial charge is 0.303 e. The van der Waals surface area contributed by atoms with Crippen LogP contribution in [0.5, 0.6) is 0 Å². The first kappa shape index (κ1) is 24.8. The van der Waals surface area contributed by atoms with Crippen LogP contribution in [0.3, 0.4) is 0 Å². The summed E-state index contributed by atoms with van der Waals surface area (Å²) < 4.78 is 0. The number of aliphatic carboxylic acids is 1. The highest BCUT2D eigenvalue weighted by atomic mass is 17.1. The Bertz CT molecular complexity index is 513. The lowest BCUT2D eigenvalue weighted by molar-refractivity contribution is -0.287. The predicted octanol–water partition coefficient (Wildman–Crippen LogP) is 4.61. The molecule has 162 valence electrons. The Balaban J connectivity index is 2.62. The Morgan fingerprint density at radius 3 is 2.54 bits per heavy atom. The fourth-order valence-electron chi connectivity index (χ4n) is 4.03. The monoisotopic (exact) mass is 398 g/mol. The van der Waals surface area contributed by atoms with Crippen LogP contribution in [0.15, 0.2) is 12.2 Å². The van der Waals surface area contributed by atoms with Crippen molar-refractivity contribution < 1.29 is 29.9 Å². The topological polar surface area (TPSA) is 104 Å².